The van der Waals surface area contributed by atoms with Gasteiger partial charge in [0.25, 0.3) is 0 Å². The number of halogens is 3. The summed E-state index contributed by atoms with van der Waals surface area (Å²) < 4.78 is 29.7. The lowest BCUT2D eigenvalue weighted by Gasteiger charge is -2.28. The minimum atomic E-state index is -2.86. The average molecular weight is 410 g/mol. The standard InChI is InChI=1S/C19H18BrF2NO2/c20-14-5-3-13(4-6-14)19(11-1-2-12-19)17(24)23-15-7-9-16(10-8-15)25-18(21)22/h3-10,18H,1-2,11-12H2,(H,23,24). The van der Waals surface area contributed by atoms with E-state index in [-0.39, 0.29) is 11.7 Å². The Morgan fingerprint density at radius 3 is 2.20 bits per heavy atom. The molecule has 1 aliphatic rings. The summed E-state index contributed by atoms with van der Waals surface area (Å²) in [5, 5.41) is 2.92. The minimum Gasteiger partial charge on any atom is -0.435 e. The number of alkyl halides is 2. The number of amides is 1. The molecule has 25 heavy (non-hydrogen) atoms. The Balaban J connectivity index is 1.78. The first-order chi connectivity index (χ1) is 12.0. The molecule has 1 saturated carbocycles. The molecule has 6 heteroatoms. The van der Waals surface area contributed by atoms with Gasteiger partial charge in [-0.25, -0.2) is 0 Å². The summed E-state index contributed by atoms with van der Waals surface area (Å²) in [6, 6.07) is 13.8. The molecule has 0 saturated heterocycles. The molecular weight excluding hydrogens is 392 g/mol. The quantitative estimate of drug-likeness (QED) is 0.707. The van der Waals surface area contributed by atoms with Crippen molar-refractivity contribution in [2.24, 2.45) is 0 Å². The van der Waals surface area contributed by atoms with Gasteiger partial charge in [0.2, 0.25) is 5.91 Å². The van der Waals surface area contributed by atoms with Crippen LogP contribution in [0.25, 0.3) is 0 Å². The summed E-state index contributed by atoms with van der Waals surface area (Å²) in [5.41, 5.74) is 1.03. The summed E-state index contributed by atoms with van der Waals surface area (Å²) >= 11 is 3.42. The smallest absolute Gasteiger partial charge is 0.387 e. The molecule has 0 aliphatic heterocycles. The minimum absolute atomic E-state index is 0.0603. The Kier molecular flexibility index (Phi) is 5.37. The lowest BCUT2D eigenvalue weighted by atomic mass is 9.78. The third kappa shape index (κ3) is 4.00. The first-order valence-electron chi connectivity index (χ1n) is 8.12. The summed E-state index contributed by atoms with van der Waals surface area (Å²) in [6.07, 6.45) is 3.61. The van der Waals surface area contributed by atoms with Crippen molar-refractivity contribution in [3.05, 3.63) is 58.6 Å². The Morgan fingerprint density at radius 2 is 1.64 bits per heavy atom. The largest absolute Gasteiger partial charge is 0.435 e. The zero-order chi connectivity index (χ0) is 17.9. The third-order valence-corrected chi connectivity index (χ3v) is 5.15. The van der Waals surface area contributed by atoms with Crippen LogP contribution in [0.4, 0.5) is 14.5 Å². The fraction of sp³-hybridized carbons (Fsp3) is 0.316. The van der Waals surface area contributed by atoms with Gasteiger partial charge < -0.3 is 10.1 Å². The SMILES string of the molecule is O=C(Nc1ccc(OC(F)F)cc1)C1(c2ccc(Br)cc2)CCCC1. The second-order valence-corrected chi connectivity index (χ2v) is 7.07. The molecule has 0 atom stereocenters. The van der Waals surface area contributed by atoms with E-state index in [1.54, 1.807) is 12.1 Å². The third-order valence-electron chi connectivity index (χ3n) is 4.63. The number of hydrogen-bond acceptors (Lipinski definition) is 2. The normalized spacial score (nSPS) is 16.0. The first kappa shape index (κ1) is 17.9. The summed E-state index contributed by atoms with van der Waals surface area (Å²) in [6.45, 7) is -2.86. The molecule has 0 spiro atoms. The number of benzene rings is 2. The molecule has 3 nitrogen and oxygen atoms in total. The fourth-order valence-corrected chi connectivity index (χ4v) is 3.63. The predicted octanol–water partition coefficient (Wildman–Crippen LogP) is 5.50. The molecule has 132 valence electrons. The second kappa shape index (κ2) is 7.52. The fourth-order valence-electron chi connectivity index (χ4n) is 3.36. The van der Waals surface area contributed by atoms with Crippen molar-refractivity contribution in [3.63, 3.8) is 0 Å². The van der Waals surface area contributed by atoms with E-state index in [2.05, 4.69) is 26.0 Å². The number of carbonyl (C=O) groups excluding carboxylic acids is 1. The number of carbonyl (C=O) groups is 1. The molecule has 0 radical (unpaired) electrons. The molecule has 1 N–H and O–H groups in total. The number of hydrogen-bond donors (Lipinski definition) is 1. The van der Waals surface area contributed by atoms with Crippen LogP contribution in [0.2, 0.25) is 0 Å². The first-order valence-corrected chi connectivity index (χ1v) is 8.91. The molecule has 1 amide bonds. The number of nitrogens with one attached hydrogen (secondary N) is 1. The van der Waals surface area contributed by atoms with Crippen LogP contribution in [0, 0.1) is 0 Å². The highest BCUT2D eigenvalue weighted by Gasteiger charge is 2.42. The van der Waals surface area contributed by atoms with Crippen LogP contribution in [-0.4, -0.2) is 12.5 Å². The van der Waals surface area contributed by atoms with E-state index in [9.17, 15) is 13.6 Å². The van der Waals surface area contributed by atoms with Crippen LogP contribution < -0.4 is 10.1 Å². The molecule has 3 rings (SSSR count). The number of ether oxygens (including phenoxy) is 1. The van der Waals surface area contributed by atoms with E-state index in [4.69, 9.17) is 0 Å². The van der Waals surface area contributed by atoms with Crippen molar-refractivity contribution in [2.75, 3.05) is 5.32 Å². The number of rotatable bonds is 5. The van der Waals surface area contributed by atoms with Gasteiger partial charge in [0.05, 0.1) is 5.41 Å². The van der Waals surface area contributed by atoms with Gasteiger partial charge in [-0.3, -0.25) is 4.79 Å². The predicted molar refractivity (Wildman–Crippen MR) is 96.0 cm³/mol. The molecule has 0 unspecified atom stereocenters. The van der Waals surface area contributed by atoms with Crippen molar-refractivity contribution in [3.8, 4) is 5.75 Å². The maximum atomic E-state index is 13.0. The lowest BCUT2D eigenvalue weighted by Crippen LogP contribution is -2.37. The Hall–Kier alpha value is -1.95. The molecule has 1 aliphatic carbocycles. The van der Waals surface area contributed by atoms with Gasteiger partial charge in [-0.05, 0) is 54.8 Å². The van der Waals surface area contributed by atoms with Gasteiger partial charge in [0, 0.05) is 10.2 Å². The zero-order valence-electron chi connectivity index (χ0n) is 13.5. The summed E-state index contributed by atoms with van der Waals surface area (Å²) in [7, 11) is 0. The molecular formula is C19H18BrF2NO2. The average Bonchev–Trinajstić information content (AvgIpc) is 3.08. The van der Waals surface area contributed by atoms with Gasteiger partial charge in [0.1, 0.15) is 5.75 Å². The van der Waals surface area contributed by atoms with Crippen LogP contribution in [0.15, 0.2) is 53.0 Å². The maximum Gasteiger partial charge on any atom is 0.387 e. The molecule has 0 heterocycles. The van der Waals surface area contributed by atoms with Gasteiger partial charge in [-0.1, -0.05) is 40.9 Å². The summed E-state index contributed by atoms with van der Waals surface area (Å²) in [4.78, 5) is 13.0. The highest BCUT2D eigenvalue weighted by molar-refractivity contribution is 9.10. The van der Waals surface area contributed by atoms with Crippen molar-refractivity contribution in [2.45, 2.75) is 37.7 Å². The van der Waals surface area contributed by atoms with Gasteiger partial charge in [-0.15, -0.1) is 0 Å². The van der Waals surface area contributed by atoms with E-state index in [0.29, 0.717) is 5.69 Å². The van der Waals surface area contributed by atoms with E-state index in [0.717, 1.165) is 35.7 Å². The Morgan fingerprint density at radius 1 is 1.04 bits per heavy atom. The molecule has 2 aromatic rings. The molecule has 2 aromatic carbocycles. The van der Waals surface area contributed by atoms with Gasteiger partial charge >= 0.3 is 6.61 Å². The van der Waals surface area contributed by atoms with Gasteiger partial charge in [0.15, 0.2) is 0 Å². The van der Waals surface area contributed by atoms with E-state index >= 15 is 0 Å². The Bertz CT molecular complexity index is 726. The number of anilines is 1. The van der Waals surface area contributed by atoms with E-state index in [1.165, 1.54) is 12.1 Å². The molecule has 0 bridgehead atoms. The van der Waals surface area contributed by atoms with Gasteiger partial charge in [-0.2, -0.15) is 8.78 Å². The van der Waals surface area contributed by atoms with Crippen molar-refractivity contribution < 1.29 is 18.3 Å². The maximum absolute atomic E-state index is 13.0. The van der Waals surface area contributed by atoms with Crippen molar-refractivity contribution in [1.82, 2.24) is 0 Å². The van der Waals surface area contributed by atoms with Crippen LogP contribution in [-0.2, 0) is 10.2 Å². The van der Waals surface area contributed by atoms with Crippen molar-refractivity contribution >= 4 is 27.5 Å². The van der Waals surface area contributed by atoms with Crippen LogP contribution in [0.5, 0.6) is 5.75 Å². The monoisotopic (exact) mass is 409 g/mol. The van der Waals surface area contributed by atoms with Crippen LogP contribution >= 0.6 is 15.9 Å². The van der Waals surface area contributed by atoms with Crippen LogP contribution in [0.3, 0.4) is 0 Å². The highest BCUT2D eigenvalue weighted by atomic mass is 79.9. The molecule has 0 aromatic heterocycles. The lowest BCUT2D eigenvalue weighted by molar-refractivity contribution is -0.121. The summed E-state index contributed by atoms with van der Waals surface area (Å²) in [5.74, 6) is 0.00587. The van der Waals surface area contributed by atoms with E-state index < -0.39 is 12.0 Å². The Labute approximate surface area is 153 Å². The molecule has 1 fully saturated rings. The van der Waals surface area contributed by atoms with Crippen LogP contribution in [0.1, 0.15) is 31.2 Å². The zero-order valence-corrected chi connectivity index (χ0v) is 15.1. The topological polar surface area (TPSA) is 38.3 Å². The van der Waals surface area contributed by atoms with Crippen molar-refractivity contribution in [1.29, 1.82) is 0 Å². The van der Waals surface area contributed by atoms with E-state index in [1.807, 2.05) is 24.3 Å². The highest BCUT2D eigenvalue weighted by Crippen LogP contribution is 2.42. The second-order valence-electron chi connectivity index (χ2n) is 6.15.